The second-order valence-electron chi connectivity index (χ2n) is 8.78. The van der Waals surface area contributed by atoms with Crippen LogP contribution in [0, 0.1) is 27.7 Å². The van der Waals surface area contributed by atoms with Crippen molar-refractivity contribution in [1.29, 1.82) is 0 Å². The molecule has 0 bridgehead atoms. The highest BCUT2D eigenvalue weighted by Gasteiger charge is 2.16. The summed E-state index contributed by atoms with van der Waals surface area (Å²) < 4.78 is 17.4. The number of aromatic nitrogens is 2. The van der Waals surface area contributed by atoms with Gasteiger partial charge in [-0.1, -0.05) is 0 Å². The molecule has 2 heterocycles. The highest BCUT2D eigenvalue weighted by molar-refractivity contribution is 5.90. The third-order valence-corrected chi connectivity index (χ3v) is 6.40. The monoisotopic (exact) mass is 488 g/mol. The molecule has 0 saturated heterocycles. The van der Waals surface area contributed by atoms with Crippen molar-refractivity contribution < 1.29 is 23.5 Å². The normalized spacial score (nSPS) is 11.0. The zero-order chi connectivity index (χ0) is 26.0. The molecule has 0 unspecified atom stereocenters. The summed E-state index contributed by atoms with van der Waals surface area (Å²) in [7, 11) is 1.37. The van der Waals surface area contributed by atoms with Crippen LogP contribution in [-0.2, 0) is 27.3 Å². The molecule has 4 rings (SSSR count). The van der Waals surface area contributed by atoms with E-state index in [0.29, 0.717) is 23.1 Å². The lowest BCUT2D eigenvalue weighted by Gasteiger charge is -2.10. The zero-order valence-electron chi connectivity index (χ0n) is 21.0. The number of benzene rings is 2. The van der Waals surface area contributed by atoms with Crippen LogP contribution < -0.4 is 5.63 Å². The smallest absolute Gasteiger partial charge is 0.338 e. The Kier molecular flexibility index (Phi) is 7.05. The number of rotatable bonds is 7. The first-order valence-electron chi connectivity index (χ1n) is 11.6. The van der Waals surface area contributed by atoms with Gasteiger partial charge in [-0.25, -0.2) is 14.3 Å². The van der Waals surface area contributed by atoms with E-state index in [-0.39, 0.29) is 19.0 Å². The number of ether oxygens (including phenoxy) is 2. The molecule has 2 aromatic heterocycles. The minimum absolute atomic E-state index is 0.0494. The quantitative estimate of drug-likeness (QED) is 0.275. The maximum atomic E-state index is 12.7. The third kappa shape index (κ3) is 5.07. The molecule has 0 N–H and O–H groups in total. The van der Waals surface area contributed by atoms with E-state index in [9.17, 15) is 14.4 Å². The number of esters is 2. The van der Waals surface area contributed by atoms with Crippen molar-refractivity contribution in [3.05, 3.63) is 92.1 Å². The summed E-state index contributed by atoms with van der Waals surface area (Å²) in [6.45, 7) is 7.71. The molecule has 2 aromatic carbocycles. The van der Waals surface area contributed by atoms with Crippen LogP contribution in [0.3, 0.4) is 0 Å². The van der Waals surface area contributed by atoms with Gasteiger partial charge < -0.3 is 13.9 Å². The van der Waals surface area contributed by atoms with Crippen molar-refractivity contribution in [3.8, 4) is 5.69 Å². The third-order valence-electron chi connectivity index (χ3n) is 6.40. The Balaban J connectivity index is 1.50. The number of nitrogens with zero attached hydrogens (tertiary/aromatic N) is 2. The number of carbonyl (C=O) groups excluding carboxylic acids is 2. The van der Waals surface area contributed by atoms with Crippen LogP contribution in [0.1, 0.15) is 50.4 Å². The standard InChI is InChI=1S/C28H28N2O6/c1-16-12-24-21(14-27(32)36-25(24)13-17(16)2)15-35-28(33)20-6-8-22(9-7-20)30-19(4)23(18(3)29-30)10-11-26(31)34-5/h6-9,12-14H,10-11,15H2,1-5H3. The Labute approximate surface area is 208 Å². The second kappa shape index (κ2) is 10.2. The van der Waals surface area contributed by atoms with E-state index in [4.69, 9.17) is 13.9 Å². The first-order chi connectivity index (χ1) is 17.2. The first-order valence-corrected chi connectivity index (χ1v) is 11.6. The fraction of sp³-hybridized carbons (Fsp3) is 0.286. The van der Waals surface area contributed by atoms with Crippen LogP contribution >= 0.6 is 0 Å². The average molecular weight is 489 g/mol. The van der Waals surface area contributed by atoms with E-state index in [1.807, 2.05) is 39.8 Å². The lowest BCUT2D eigenvalue weighted by molar-refractivity contribution is -0.140. The molecule has 0 saturated carbocycles. The molecule has 0 spiro atoms. The van der Waals surface area contributed by atoms with Crippen LogP contribution in [-0.4, -0.2) is 28.8 Å². The summed E-state index contributed by atoms with van der Waals surface area (Å²) >= 11 is 0. The number of aryl methyl sites for hydroxylation is 3. The van der Waals surface area contributed by atoms with Crippen molar-refractivity contribution in [1.82, 2.24) is 9.78 Å². The largest absolute Gasteiger partial charge is 0.469 e. The maximum absolute atomic E-state index is 12.7. The fourth-order valence-electron chi connectivity index (χ4n) is 4.18. The Morgan fingerprint density at radius 3 is 2.39 bits per heavy atom. The molecule has 186 valence electrons. The van der Waals surface area contributed by atoms with Gasteiger partial charge in [0, 0.05) is 29.1 Å². The van der Waals surface area contributed by atoms with Crippen LogP contribution in [0.4, 0.5) is 0 Å². The van der Waals surface area contributed by atoms with E-state index in [1.165, 1.54) is 13.2 Å². The molecular formula is C28H28N2O6. The molecule has 8 heteroatoms. The van der Waals surface area contributed by atoms with E-state index in [0.717, 1.165) is 39.2 Å². The Hall–Kier alpha value is -4.20. The minimum atomic E-state index is -0.501. The van der Waals surface area contributed by atoms with Gasteiger partial charge in [-0.15, -0.1) is 0 Å². The summed E-state index contributed by atoms with van der Waals surface area (Å²) in [6, 6.07) is 12.0. The van der Waals surface area contributed by atoms with Crippen LogP contribution in [0.2, 0.25) is 0 Å². The minimum Gasteiger partial charge on any atom is -0.469 e. The summed E-state index contributed by atoms with van der Waals surface area (Å²) in [6.07, 6.45) is 0.826. The molecular weight excluding hydrogens is 460 g/mol. The van der Waals surface area contributed by atoms with E-state index >= 15 is 0 Å². The van der Waals surface area contributed by atoms with Gasteiger partial charge in [-0.05, 0) is 87.2 Å². The van der Waals surface area contributed by atoms with Gasteiger partial charge in [0.15, 0.2) is 0 Å². The Morgan fingerprint density at radius 2 is 1.69 bits per heavy atom. The molecule has 0 fully saturated rings. The van der Waals surface area contributed by atoms with Crippen molar-refractivity contribution in [3.63, 3.8) is 0 Å². The average Bonchev–Trinajstić information content (AvgIpc) is 3.14. The SMILES string of the molecule is COC(=O)CCc1c(C)nn(-c2ccc(C(=O)OCc3cc(=O)oc4cc(C)c(C)cc34)cc2)c1C. The number of hydrogen-bond donors (Lipinski definition) is 0. The molecule has 4 aromatic rings. The molecule has 8 nitrogen and oxygen atoms in total. The Morgan fingerprint density at radius 1 is 1.00 bits per heavy atom. The maximum Gasteiger partial charge on any atom is 0.338 e. The molecule has 0 amide bonds. The van der Waals surface area contributed by atoms with Gasteiger partial charge in [-0.3, -0.25) is 4.79 Å². The summed E-state index contributed by atoms with van der Waals surface area (Å²) in [4.78, 5) is 36.2. The lowest BCUT2D eigenvalue weighted by Crippen LogP contribution is -2.08. The highest BCUT2D eigenvalue weighted by Crippen LogP contribution is 2.23. The summed E-state index contributed by atoms with van der Waals surface area (Å²) in [5, 5.41) is 5.34. The van der Waals surface area contributed by atoms with Gasteiger partial charge >= 0.3 is 17.6 Å². The number of hydrogen-bond acceptors (Lipinski definition) is 7. The van der Waals surface area contributed by atoms with Crippen LogP contribution in [0.5, 0.6) is 0 Å². The van der Waals surface area contributed by atoms with E-state index in [2.05, 4.69) is 5.10 Å². The van der Waals surface area contributed by atoms with Crippen LogP contribution in [0.15, 0.2) is 51.7 Å². The number of fused-ring (bicyclic) bond motifs is 1. The summed E-state index contributed by atoms with van der Waals surface area (Å²) in [5.74, 6) is -0.766. The molecule has 0 atom stereocenters. The number of carbonyl (C=O) groups is 2. The van der Waals surface area contributed by atoms with Gasteiger partial charge in [0.25, 0.3) is 0 Å². The van der Waals surface area contributed by atoms with Gasteiger partial charge in [0.1, 0.15) is 12.2 Å². The lowest BCUT2D eigenvalue weighted by atomic mass is 10.0. The predicted octanol–water partition coefficient (Wildman–Crippen LogP) is 4.67. The fourth-order valence-corrected chi connectivity index (χ4v) is 4.18. The second-order valence-corrected chi connectivity index (χ2v) is 8.78. The molecule has 0 radical (unpaired) electrons. The first kappa shape index (κ1) is 24.9. The van der Waals surface area contributed by atoms with Crippen molar-refractivity contribution in [2.45, 2.75) is 47.1 Å². The van der Waals surface area contributed by atoms with Gasteiger partial charge in [0.2, 0.25) is 0 Å². The highest BCUT2D eigenvalue weighted by atomic mass is 16.5. The number of methoxy groups -OCH3 is 1. The molecule has 0 aliphatic heterocycles. The molecule has 0 aliphatic rings. The van der Waals surface area contributed by atoms with Gasteiger partial charge in [0.05, 0.1) is 24.1 Å². The van der Waals surface area contributed by atoms with Crippen LogP contribution in [0.25, 0.3) is 16.7 Å². The van der Waals surface area contributed by atoms with E-state index < -0.39 is 11.6 Å². The van der Waals surface area contributed by atoms with E-state index in [1.54, 1.807) is 28.9 Å². The van der Waals surface area contributed by atoms with Gasteiger partial charge in [-0.2, -0.15) is 5.10 Å². The summed E-state index contributed by atoms with van der Waals surface area (Å²) in [5.41, 5.74) is 6.56. The molecule has 0 aliphatic carbocycles. The van der Waals surface area contributed by atoms with Crippen molar-refractivity contribution in [2.75, 3.05) is 7.11 Å². The Bertz CT molecular complexity index is 1510. The van der Waals surface area contributed by atoms with Crippen molar-refractivity contribution >= 4 is 22.9 Å². The van der Waals surface area contributed by atoms with Crippen molar-refractivity contribution in [2.24, 2.45) is 0 Å². The topological polar surface area (TPSA) is 101 Å². The zero-order valence-corrected chi connectivity index (χ0v) is 21.0. The predicted molar refractivity (Wildman–Crippen MR) is 134 cm³/mol. The molecule has 36 heavy (non-hydrogen) atoms.